The molecule has 2 N–H and O–H groups in total. The molecule has 162 valence electrons. The van der Waals surface area contributed by atoms with E-state index in [0.717, 1.165) is 16.9 Å². The number of nitrogens with one attached hydrogen (secondary N) is 2. The first kappa shape index (κ1) is 22.4. The molecule has 0 heterocycles. The van der Waals surface area contributed by atoms with Crippen LogP contribution in [0.2, 0.25) is 0 Å². The number of carbonyl (C=O) groups is 1. The Morgan fingerprint density at radius 3 is 2.23 bits per heavy atom. The Hall–Kier alpha value is -3.32. The maximum Gasteiger partial charge on any atom is 0.261 e. The average Bonchev–Trinajstić information content (AvgIpc) is 2.78. The molecule has 1 amide bonds. The van der Waals surface area contributed by atoms with Gasteiger partial charge >= 0.3 is 0 Å². The van der Waals surface area contributed by atoms with Gasteiger partial charge < -0.3 is 10.1 Å². The van der Waals surface area contributed by atoms with E-state index in [-0.39, 0.29) is 28.1 Å². The van der Waals surface area contributed by atoms with Crippen LogP contribution in [-0.4, -0.2) is 21.4 Å². The zero-order valence-electron chi connectivity index (χ0n) is 17.8. The third-order valence-corrected chi connectivity index (χ3v) is 6.36. The summed E-state index contributed by atoms with van der Waals surface area (Å²) in [6.45, 7) is 3.86. The minimum absolute atomic E-state index is 0.137. The Balaban J connectivity index is 1.82. The number of ether oxygens (including phenoxy) is 1. The van der Waals surface area contributed by atoms with Crippen LogP contribution < -0.4 is 14.8 Å². The summed E-state index contributed by atoms with van der Waals surface area (Å²) in [5.74, 6) is 0.380. The summed E-state index contributed by atoms with van der Waals surface area (Å²) in [5.41, 5.74) is 2.38. The van der Waals surface area contributed by atoms with Crippen molar-refractivity contribution in [3.05, 3.63) is 89.5 Å². The zero-order chi connectivity index (χ0) is 22.4. The van der Waals surface area contributed by atoms with Crippen LogP contribution in [0.1, 0.15) is 40.9 Å². The predicted molar refractivity (Wildman–Crippen MR) is 122 cm³/mol. The first-order chi connectivity index (χ1) is 14.8. The molecule has 0 fully saturated rings. The SMILES string of the molecule is CC[C@H](NC(=O)c1ccccc1NS(=O)(=O)c1ccc(C)cc1)c1ccc(OC)cc1. The number of methoxy groups -OCH3 is 1. The Morgan fingerprint density at radius 2 is 1.61 bits per heavy atom. The average molecular weight is 439 g/mol. The third-order valence-electron chi connectivity index (χ3n) is 4.98. The molecule has 0 spiro atoms. The molecular weight excluding hydrogens is 412 g/mol. The summed E-state index contributed by atoms with van der Waals surface area (Å²) in [6, 6.07) is 20.4. The molecule has 3 aromatic rings. The van der Waals surface area contributed by atoms with Crippen molar-refractivity contribution in [2.45, 2.75) is 31.2 Å². The molecule has 0 radical (unpaired) electrons. The van der Waals surface area contributed by atoms with Crippen LogP contribution in [0.25, 0.3) is 0 Å². The lowest BCUT2D eigenvalue weighted by atomic mass is 10.0. The third kappa shape index (κ3) is 5.44. The summed E-state index contributed by atoms with van der Waals surface area (Å²) in [4.78, 5) is 13.2. The molecule has 0 aliphatic rings. The first-order valence-electron chi connectivity index (χ1n) is 9.97. The molecule has 0 aliphatic heterocycles. The highest BCUT2D eigenvalue weighted by Crippen LogP contribution is 2.24. The smallest absolute Gasteiger partial charge is 0.261 e. The first-order valence-corrected chi connectivity index (χ1v) is 11.5. The van der Waals surface area contributed by atoms with Gasteiger partial charge in [0, 0.05) is 0 Å². The molecule has 6 nitrogen and oxygen atoms in total. The van der Waals surface area contributed by atoms with Crippen LogP contribution in [0.4, 0.5) is 5.69 Å². The van der Waals surface area contributed by atoms with Crippen LogP contribution in [-0.2, 0) is 10.0 Å². The number of hydrogen-bond donors (Lipinski definition) is 2. The van der Waals surface area contributed by atoms with Gasteiger partial charge in [-0.1, -0.05) is 48.9 Å². The van der Waals surface area contributed by atoms with Gasteiger partial charge in [0.25, 0.3) is 15.9 Å². The van der Waals surface area contributed by atoms with E-state index < -0.39 is 10.0 Å². The van der Waals surface area contributed by atoms with Crippen molar-refractivity contribution in [1.29, 1.82) is 0 Å². The number of amides is 1. The molecular formula is C24H26N2O4S. The highest BCUT2D eigenvalue weighted by Gasteiger charge is 2.20. The fourth-order valence-corrected chi connectivity index (χ4v) is 4.26. The van der Waals surface area contributed by atoms with Crippen molar-refractivity contribution >= 4 is 21.6 Å². The Bertz CT molecular complexity index is 1140. The molecule has 0 saturated carbocycles. The van der Waals surface area contributed by atoms with Gasteiger partial charge in [-0.05, 0) is 55.3 Å². The lowest BCUT2D eigenvalue weighted by Gasteiger charge is -2.19. The van der Waals surface area contributed by atoms with Crippen LogP contribution in [0.3, 0.4) is 0 Å². The number of hydrogen-bond acceptors (Lipinski definition) is 4. The Morgan fingerprint density at radius 1 is 0.968 bits per heavy atom. The molecule has 7 heteroatoms. The molecule has 0 bridgehead atoms. The number of sulfonamides is 1. The monoisotopic (exact) mass is 438 g/mol. The van der Waals surface area contributed by atoms with Gasteiger partial charge in [0.15, 0.2) is 0 Å². The second-order valence-corrected chi connectivity index (χ2v) is 8.85. The standard InChI is InChI=1S/C24H26N2O4S/c1-4-22(18-11-13-19(30-3)14-12-18)25-24(27)21-7-5-6-8-23(21)26-31(28,29)20-15-9-17(2)10-16-20/h5-16,22,26H,4H2,1-3H3,(H,25,27)/t22-/m0/s1. The zero-order valence-corrected chi connectivity index (χ0v) is 18.6. The second kappa shape index (κ2) is 9.66. The molecule has 3 rings (SSSR count). The molecule has 0 aliphatic carbocycles. The summed E-state index contributed by atoms with van der Waals surface area (Å²) in [7, 11) is -2.22. The summed E-state index contributed by atoms with van der Waals surface area (Å²) in [5, 5.41) is 3.00. The van der Waals surface area contributed by atoms with E-state index in [4.69, 9.17) is 4.74 Å². The Labute approximate surface area is 183 Å². The van der Waals surface area contributed by atoms with E-state index in [1.807, 2.05) is 38.1 Å². The second-order valence-electron chi connectivity index (χ2n) is 7.17. The number of para-hydroxylation sites is 1. The van der Waals surface area contributed by atoms with Crippen LogP contribution >= 0.6 is 0 Å². The Kier molecular flexibility index (Phi) is 6.97. The molecule has 31 heavy (non-hydrogen) atoms. The molecule has 0 aromatic heterocycles. The van der Waals surface area contributed by atoms with Crippen LogP contribution in [0, 0.1) is 6.92 Å². The number of carbonyl (C=O) groups excluding carboxylic acids is 1. The van der Waals surface area contributed by atoms with Crippen molar-refractivity contribution in [3.63, 3.8) is 0 Å². The normalized spacial score (nSPS) is 12.1. The van der Waals surface area contributed by atoms with E-state index in [0.29, 0.717) is 6.42 Å². The number of aryl methyl sites for hydroxylation is 1. The van der Waals surface area contributed by atoms with Gasteiger partial charge in [0.2, 0.25) is 0 Å². The minimum Gasteiger partial charge on any atom is -0.497 e. The highest BCUT2D eigenvalue weighted by atomic mass is 32.2. The molecule has 1 atom stereocenters. The van der Waals surface area contributed by atoms with Crippen molar-refractivity contribution in [2.24, 2.45) is 0 Å². The largest absolute Gasteiger partial charge is 0.497 e. The quantitative estimate of drug-likeness (QED) is 0.535. The maximum atomic E-state index is 13.0. The topological polar surface area (TPSA) is 84.5 Å². The molecule has 0 saturated heterocycles. The van der Waals surface area contributed by atoms with Crippen LogP contribution in [0.5, 0.6) is 5.75 Å². The van der Waals surface area contributed by atoms with Crippen molar-refractivity contribution in [2.75, 3.05) is 11.8 Å². The van der Waals surface area contributed by atoms with Gasteiger partial charge in [0.05, 0.1) is 29.3 Å². The van der Waals surface area contributed by atoms with Crippen molar-refractivity contribution in [3.8, 4) is 5.75 Å². The molecule has 0 unspecified atom stereocenters. The van der Waals surface area contributed by atoms with E-state index in [1.54, 1.807) is 43.5 Å². The van der Waals surface area contributed by atoms with E-state index in [1.165, 1.54) is 12.1 Å². The minimum atomic E-state index is -3.82. The van der Waals surface area contributed by atoms with Gasteiger partial charge in [0.1, 0.15) is 5.75 Å². The van der Waals surface area contributed by atoms with Gasteiger partial charge in [-0.15, -0.1) is 0 Å². The predicted octanol–water partition coefficient (Wildman–Crippen LogP) is 4.69. The molecule has 3 aromatic carbocycles. The van der Waals surface area contributed by atoms with Gasteiger partial charge in [-0.3, -0.25) is 9.52 Å². The summed E-state index contributed by atoms with van der Waals surface area (Å²) < 4.78 is 33.3. The summed E-state index contributed by atoms with van der Waals surface area (Å²) >= 11 is 0. The number of anilines is 1. The lowest BCUT2D eigenvalue weighted by Crippen LogP contribution is -2.29. The number of benzene rings is 3. The van der Waals surface area contributed by atoms with Crippen molar-refractivity contribution in [1.82, 2.24) is 5.32 Å². The van der Waals surface area contributed by atoms with E-state index in [2.05, 4.69) is 10.0 Å². The highest BCUT2D eigenvalue weighted by molar-refractivity contribution is 7.92. The van der Waals surface area contributed by atoms with Crippen molar-refractivity contribution < 1.29 is 17.9 Å². The maximum absolute atomic E-state index is 13.0. The van der Waals surface area contributed by atoms with E-state index >= 15 is 0 Å². The van der Waals surface area contributed by atoms with Crippen LogP contribution in [0.15, 0.2) is 77.7 Å². The van der Waals surface area contributed by atoms with Gasteiger partial charge in [-0.25, -0.2) is 8.42 Å². The summed E-state index contributed by atoms with van der Waals surface area (Å²) in [6.07, 6.45) is 0.676. The fourth-order valence-electron chi connectivity index (χ4n) is 3.18. The fraction of sp³-hybridized carbons (Fsp3) is 0.208. The van der Waals surface area contributed by atoms with E-state index in [9.17, 15) is 13.2 Å². The lowest BCUT2D eigenvalue weighted by molar-refractivity contribution is 0.0936. The van der Waals surface area contributed by atoms with Gasteiger partial charge in [-0.2, -0.15) is 0 Å². The number of rotatable bonds is 8.